The number of ether oxygens (including phenoxy) is 1. The van der Waals surface area contributed by atoms with Crippen molar-refractivity contribution in [3.63, 3.8) is 0 Å². The van der Waals surface area contributed by atoms with Crippen molar-refractivity contribution in [2.75, 3.05) is 6.61 Å². The Morgan fingerprint density at radius 1 is 1.19 bits per heavy atom. The summed E-state index contributed by atoms with van der Waals surface area (Å²) in [5, 5.41) is 3.93. The Morgan fingerprint density at radius 2 is 1.76 bits per heavy atom. The molecule has 0 bridgehead atoms. The maximum atomic E-state index is 13.5. The molecule has 0 rings (SSSR count). The summed E-state index contributed by atoms with van der Waals surface area (Å²) in [7, 11) is 0. The lowest BCUT2D eigenvalue weighted by Crippen LogP contribution is -2.74. The van der Waals surface area contributed by atoms with Crippen molar-refractivity contribution in [2.45, 2.75) is 64.8 Å². The molecule has 0 aliphatic carbocycles. The molecule has 2 atom stereocenters. The third kappa shape index (κ3) is 5.18. The van der Waals surface area contributed by atoms with Crippen molar-refractivity contribution in [3.05, 3.63) is 0 Å². The lowest BCUT2D eigenvalue weighted by atomic mass is 10.1. The van der Waals surface area contributed by atoms with Crippen LogP contribution in [0.1, 0.15) is 47.0 Å². The quantitative estimate of drug-likeness (QED) is 0.532. The zero-order valence-corrected chi connectivity index (χ0v) is 12.8. The third-order valence-electron chi connectivity index (χ3n) is 2.89. The van der Waals surface area contributed by atoms with E-state index in [-0.39, 0.29) is 13.0 Å². The smallest absolute Gasteiger partial charge is 0.436 e. The van der Waals surface area contributed by atoms with Gasteiger partial charge >= 0.3 is 12.1 Å². The number of carbonyl (C=O) groups excluding carboxylic acids is 2. The van der Waals surface area contributed by atoms with Crippen molar-refractivity contribution in [1.29, 1.82) is 0 Å². The van der Waals surface area contributed by atoms with Gasteiger partial charge in [0, 0.05) is 12.5 Å². The Balaban J connectivity index is 5.61. The molecule has 0 aromatic heterocycles. The first-order valence-corrected chi connectivity index (χ1v) is 6.97. The molecule has 0 saturated heterocycles. The molecule has 0 aliphatic rings. The number of hydrogen-bond donors (Lipinski definition) is 2. The molecule has 8 heteroatoms. The average Bonchev–Trinajstić information content (AvgIpc) is 2.36. The summed E-state index contributed by atoms with van der Waals surface area (Å²) in [5.74, 6) is -2.42. The van der Waals surface area contributed by atoms with Crippen LogP contribution in [0.2, 0.25) is 0 Å². The van der Waals surface area contributed by atoms with Crippen LogP contribution in [0.3, 0.4) is 0 Å². The van der Waals surface area contributed by atoms with E-state index in [1.165, 1.54) is 13.8 Å². The minimum atomic E-state index is -5.02. The minimum Gasteiger partial charge on any atom is -0.463 e. The van der Waals surface area contributed by atoms with Crippen LogP contribution in [0, 0.1) is 0 Å². The highest BCUT2D eigenvalue weighted by molar-refractivity contribution is 5.88. The second kappa shape index (κ2) is 8.21. The first kappa shape index (κ1) is 19.7. The van der Waals surface area contributed by atoms with Crippen LogP contribution < -0.4 is 10.6 Å². The van der Waals surface area contributed by atoms with Crippen LogP contribution in [0.4, 0.5) is 13.2 Å². The number of alkyl halides is 3. The van der Waals surface area contributed by atoms with Gasteiger partial charge in [-0.1, -0.05) is 13.8 Å². The fraction of sp³-hybridized carbons (Fsp3) is 0.846. The molecule has 1 amide bonds. The van der Waals surface area contributed by atoms with Gasteiger partial charge in [-0.2, -0.15) is 13.2 Å². The summed E-state index contributed by atoms with van der Waals surface area (Å²) in [5.41, 5.74) is -3.22. The largest absolute Gasteiger partial charge is 0.463 e. The van der Waals surface area contributed by atoms with Crippen molar-refractivity contribution < 1.29 is 27.5 Å². The van der Waals surface area contributed by atoms with E-state index in [9.17, 15) is 22.8 Å². The van der Waals surface area contributed by atoms with Gasteiger partial charge in [-0.25, -0.2) is 4.79 Å². The Hall–Kier alpha value is -1.31. The Morgan fingerprint density at radius 3 is 2.14 bits per heavy atom. The van der Waals surface area contributed by atoms with Crippen LogP contribution >= 0.6 is 0 Å². The van der Waals surface area contributed by atoms with E-state index < -0.39 is 29.8 Å². The average molecular weight is 312 g/mol. The van der Waals surface area contributed by atoms with Crippen LogP contribution in [-0.4, -0.2) is 36.4 Å². The topological polar surface area (TPSA) is 67.4 Å². The molecular formula is C13H23F3N2O3. The lowest BCUT2D eigenvalue weighted by molar-refractivity contribution is -0.223. The Kier molecular flexibility index (Phi) is 7.70. The number of halogens is 3. The summed E-state index contributed by atoms with van der Waals surface area (Å²) in [6.07, 6.45) is -4.42. The van der Waals surface area contributed by atoms with Crippen LogP contribution in [0.5, 0.6) is 0 Å². The molecule has 2 N–H and O–H groups in total. The predicted octanol–water partition coefficient (Wildman–Crippen LogP) is 2.11. The molecular weight excluding hydrogens is 289 g/mol. The van der Waals surface area contributed by atoms with Gasteiger partial charge in [-0.05, 0) is 26.7 Å². The van der Waals surface area contributed by atoms with E-state index in [0.717, 1.165) is 0 Å². The highest BCUT2D eigenvalue weighted by Crippen LogP contribution is 2.30. The van der Waals surface area contributed by atoms with Crippen LogP contribution in [-0.2, 0) is 14.3 Å². The summed E-state index contributed by atoms with van der Waals surface area (Å²) in [6, 6.07) is -0.641. The molecule has 0 radical (unpaired) electrons. The second-order valence-electron chi connectivity index (χ2n) is 4.72. The minimum absolute atomic E-state index is 0.112. The number of nitrogens with one attached hydrogen (secondary N) is 2. The van der Waals surface area contributed by atoms with Gasteiger partial charge in [0.15, 0.2) is 0 Å². The Labute approximate surface area is 122 Å². The number of rotatable bonds is 8. The molecule has 0 fully saturated rings. The van der Waals surface area contributed by atoms with Gasteiger partial charge in [0.2, 0.25) is 5.91 Å². The highest BCUT2D eigenvalue weighted by Gasteiger charge is 2.63. The fourth-order valence-electron chi connectivity index (χ4n) is 1.62. The maximum absolute atomic E-state index is 13.5. The maximum Gasteiger partial charge on any atom is 0.436 e. The van der Waals surface area contributed by atoms with E-state index in [1.807, 2.05) is 0 Å². The monoisotopic (exact) mass is 312 g/mol. The molecule has 5 nitrogen and oxygen atoms in total. The van der Waals surface area contributed by atoms with E-state index in [1.54, 1.807) is 19.2 Å². The third-order valence-corrected chi connectivity index (χ3v) is 2.89. The fourth-order valence-corrected chi connectivity index (χ4v) is 1.62. The van der Waals surface area contributed by atoms with Crippen molar-refractivity contribution in [3.8, 4) is 0 Å². The molecule has 0 saturated carbocycles. The van der Waals surface area contributed by atoms with Gasteiger partial charge in [-0.3, -0.25) is 10.1 Å². The van der Waals surface area contributed by atoms with E-state index in [0.29, 0.717) is 12.8 Å². The molecule has 0 aromatic carbocycles. The van der Waals surface area contributed by atoms with Crippen LogP contribution in [0.25, 0.3) is 0 Å². The first-order valence-electron chi connectivity index (χ1n) is 6.97. The van der Waals surface area contributed by atoms with Crippen molar-refractivity contribution >= 4 is 11.9 Å². The van der Waals surface area contributed by atoms with Gasteiger partial charge in [0.1, 0.15) is 0 Å². The molecule has 0 aromatic rings. The van der Waals surface area contributed by atoms with E-state index in [2.05, 4.69) is 10.1 Å². The molecule has 0 heterocycles. The Bertz CT molecular complexity index is 361. The lowest BCUT2D eigenvalue weighted by Gasteiger charge is -2.36. The van der Waals surface area contributed by atoms with Crippen LogP contribution in [0.15, 0.2) is 0 Å². The molecule has 2 unspecified atom stereocenters. The van der Waals surface area contributed by atoms with Gasteiger partial charge < -0.3 is 10.1 Å². The summed E-state index contributed by atoms with van der Waals surface area (Å²) in [4.78, 5) is 23.5. The molecule has 0 spiro atoms. The number of esters is 1. The SMILES string of the molecule is CCCC(=O)NC(NC(C)CC)(C(=O)OCC)C(F)(F)F. The number of amides is 1. The predicted molar refractivity (Wildman–Crippen MR) is 71.4 cm³/mol. The van der Waals surface area contributed by atoms with Crippen molar-refractivity contribution in [1.82, 2.24) is 10.6 Å². The summed E-state index contributed by atoms with van der Waals surface area (Å²) in [6.45, 7) is 5.99. The van der Waals surface area contributed by atoms with Gasteiger partial charge in [0.05, 0.1) is 6.61 Å². The number of hydrogen-bond acceptors (Lipinski definition) is 4. The molecule has 124 valence electrons. The van der Waals surface area contributed by atoms with Gasteiger partial charge in [-0.15, -0.1) is 0 Å². The van der Waals surface area contributed by atoms with E-state index in [4.69, 9.17) is 0 Å². The van der Waals surface area contributed by atoms with E-state index >= 15 is 0 Å². The summed E-state index contributed by atoms with van der Waals surface area (Å²) < 4.78 is 44.9. The molecule has 21 heavy (non-hydrogen) atoms. The summed E-state index contributed by atoms with van der Waals surface area (Å²) >= 11 is 0. The highest BCUT2D eigenvalue weighted by atomic mass is 19.4. The second-order valence-corrected chi connectivity index (χ2v) is 4.72. The normalized spacial score (nSPS) is 16.0. The zero-order chi connectivity index (χ0) is 16.7. The molecule has 0 aliphatic heterocycles. The zero-order valence-electron chi connectivity index (χ0n) is 12.8. The van der Waals surface area contributed by atoms with Crippen molar-refractivity contribution in [2.24, 2.45) is 0 Å². The number of carbonyl (C=O) groups is 2. The first-order chi connectivity index (χ1) is 9.64. The van der Waals surface area contributed by atoms with Gasteiger partial charge in [0.25, 0.3) is 5.66 Å². The standard InChI is InChI=1S/C13H23F3N2O3/c1-5-8-10(19)18-12(13(14,15)16,11(20)21-7-3)17-9(4)6-2/h9,17H,5-8H2,1-4H3,(H,18,19).